The van der Waals surface area contributed by atoms with Crippen LogP contribution in [0.4, 0.5) is 0 Å². The van der Waals surface area contributed by atoms with Gasteiger partial charge in [-0.25, -0.2) is 9.78 Å². The number of carboxylic acid groups (broad SMARTS) is 1. The molecule has 1 aromatic carbocycles. The summed E-state index contributed by atoms with van der Waals surface area (Å²) in [6.07, 6.45) is 2.99. The molecule has 2 N–H and O–H groups in total. The summed E-state index contributed by atoms with van der Waals surface area (Å²) in [5.41, 5.74) is 1.77. The van der Waals surface area contributed by atoms with Crippen LogP contribution in [-0.4, -0.2) is 26.0 Å². The van der Waals surface area contributed by atoms with Crippen molar-refractivity contribution in [3.8, 4) is 11.4 Å². The maximum atomic E-state index is 10.8. The average molecular weight is 239 g/mol. The van der Waals surface area contributed by atoms with E-state index in [1.807, 2.05) is 30.3 Å². The van der Waals surface area contributed by atoms with Gasteiger partial charge >= 0.3 is 5.97 Å². The largest absolute Gasteiger partial charge is 0.477 e. The van der Waals surface area contributed by atoms with Crippen LogP contribution in [0.25, 0.3) is 22.3 Å². The van der Waals surface area contributed by atoms with E-state index in [2.05, 4.69) is 15.0 Å². The number of para-hydroxylation sites is 1. The molecule has 88 valence electrons. The fraction of sp³-hybridized carbons (Fsp3) is 0. The number of nitrogens with one attached hydrogen (secondary N) is 1. The van der Waals surface area contributed by atoms with E-state index in [1.54, 1.807) is 6.20 Å². The van der Waals surface area contributed by atoms with Gasteiger partial charge in [-0.3, -0.25) is 4.98 Å². The van der Waals surface area contributed by atoms with Crippen molar-refractivity contribution in [3.05, 3.63) is 48.4 Å². The van der Waals surface area contributed by atoms with E-state index < -0.39 is 5.97 Å². The summed E-state index contributed by atoms with van der Waals surface area (Å²) in [6, 6.07) is 9.46. The van der Waals surface area contributed by atoms with Gasteiger partial charge in [0.1, 0.15) is 11.5 Å². The number of hydrogen-bond acceptors (Lipinski definition) is 3. The molecule has 0 spiro atoms. The Kier molecular flexibility index (Phi) is 2.30. The van der Waals surface area contributed by atoms with E-state index in [-0.39, 0.29) is 5.69 Å². The van der Waals surface area contributed by atoms with E-state index in [1.165, 1.54) is 6.20 Å². The minimum absolute atomic E-state index is 0.0749. The van der Waals surface area contributed by atoms with Crippen molar-refractivity contribution < 1.29 is 9.90 Å². The number of benzene rings is 1. The lowest BCUT2D eigenvalue weighted by Gasteiger charge is -2.02. The third-order valence-electron chi connectivity index (χ3n) is 2.71. The first-order chi connectivity index (χ1) is 8.75. The number of aromatic amines is 1. The minimum Gasteiger partial charge on any atom is -0.477 e. The monoisotopic (exact) mass is 239 g/mol. The van der Waals surface area contributed by atoms with Gasteiger partial charge in [0, 0.05) is 17.1 Å². The molecule has 0 aliphatic carbocycles. The number of fused-ring (bicyclic) bond motifs is 1. The quantitative estimate of drug-likeness (QED) is 0.719. The Morgan fingerprint density at radius 3 is 2.78 bits per heavy atom. The first kappa shape index (κ1) is 10.5. The van der Waals surface area contributed by atoms with Gasteiger partial charge in [0.15, 0.2) is 0 Å². The Bertz CT molecular complexity index is 728. The molecule has 2 heterocycles. The topological polar surface area (TPSA) is 78.9 Å². The smallest absolute Gasteiger partial charge is 0.353 e. The summed E-state index contributed by atoms with van der Waals surface area (Å²) >= 11 is 0. The average Bonchev–Trinajstić information content (AvgIpc) is 2.87. The molecule has 0 bridgehead atoms. The molecule has 0 fully saturated rings. The molecule has 3 rings (SSSR count). The Morgan fingerprint density at radius 2 is 2.00 bits per heavy atom. The highest BCUT2D eigenvalue weighted by Gasteiger charge is 2.11. The van der Waals surface area contributed by atoms with Crippen molar-refractivity contribution in [2.75, 3.05) is 0 Å². The lowest BCUT2D eigenvalue weighted by molar-refractivity contribution is 0.0691. The molecule has 0 saturated heterocycles. The molecule has 5 heteroatoms. The number of imidazole rings is 1. The lowest BCUT2D eigenvalue weighted by atomic mass is 10.1. The van der Waals surface area contributed by atoms with Crippen LogP contribution in [0.2, 0.25) is 0 Å². The summed E-state index contributed by atoms with van der Waals surface area (Å²) in [5, 5.41) is 9.81. The van der Waals surface area contributed by atoms with Gasteiger partial charge in [-0.2, -0.15) is 0 Å². The fourth-order valence-electron chi connectivity index (χ4n) is 1.87. The molecule has 0 aliphatic rings. The summed E-state index contributed by atoms with van der Waals surface area (Å²) in [6.45, 7) is 0. The molecule has 0 radical (unpaired) electrons. The van der Waals surface area contributed by atoms with Gasteiger partial charge in [0.2, 0.25) is 0 Å². The maximum absolute atomic E-state index is 10.8. The van der Waals surface area contributed by atoms with E-state index in [9.17, 15) is 4.79 Å². The molecule has 5 nitrogen and oxygen atoms in total. The molecule has 3 aromatic rings. The number of hydrogen-bond donors (Lipinski definition) is 2. The van der Waals surface area contributed by atoms with Crippen molar-refractivity contribution in [1.29, 1.82) is 0 Å². The van der Waals surface area contributed by atoms with Crippen molar-refractivity contribution >= 4 is 16.9 Å². The van der Waals surface area contributed by atoms with E-state index in [0.717, 1.165) is 16.5 Å². The van der Waals surface area contributed by atoms with Gasteiger partial charge in [-0.15, -0.1) is 0 Å². The summed E-state index contributed by atoms with van der Waals surface area (Å²) in [7, 11) is 0. The third kappa shape index (κ3) is 1.62. The molecule has 0 atom stereocenters. The lowest BCUT2D eigenvalue weighted by Crippen LogP contribution is -1.95. The van der Waals surface area contributed by atoms with Crippen molar-refractivity contribution in [2.24, 2.45) is 0 Å². The Morgan fingerprint density at radius 1 is 1.17 bits per heavy atom. The maximum Gasteiger partial charge on any atom is 0.353 e. The van der Waals surface area contributed by atoms with Crippen LogP contribution in [0.3, 0.4) is 0 Å². The van der Waals surface area contributed by atoms with Crippen LogP contribution >= 0.6 is 0 Å². The Hall–Kier alpha value is -2.69. The van der Waals surface area contributed by atoms with E-state index in [0.29, 0.717) is 5.82 Å². The van der Waals surface area contributed by atoms with Crippen molar-refractivity contribution in [2.45, 2.75) is 0 Å². The zero-order chi connectivity index (χ0) is 12.5. The third-order valence-corrected chi connectivity index (χ3v) is 2.71. The predicted octanol–water partition coefficient (Wildman–Crippen LogP) is 2.32. The molecule has 0 aliphatic heterocycles. The molecule has 0 saturated carbocycles. The highest BCUT2D eigenvalue weighted by molar-refractivity contribution is 5.93. The molecule has 18 heavy (non-hydrogen) atoms. The number of rotatable bonds is 2. The fourth-order valence-corrected chi connectivity index (χ4v) is 1.87. The second kappa shape index (κ2) is 3.96. The standard InChI is InChI=1S/C13H9N3O2/c17-13(18)11-7-15-12(16-11)9-5-6-14-10-4-2-1-3-8(9)10/h1-7H,(H,15,16)(H,17,18). The number of nitrogens with zero attached hydrogens (tertiary/aromatic N) is 2. The predicted molar refractivity (Wildman–Crippen MR) is 66.3 cm³/mol. The van der Waals surface area contributed by atoms with E-state index >= 15 is 0 Å². The van der Waals surface area contributed by atoms with Crippen LogP contribution in [0, 0.1) is 0 Å². The second-order valence-electron chi connectivity index (χ2n) is 3.83. The first-order valence-electron chi connectivity index (χ1n) is 5.38. The van der Waals surface area contributed by atoms with Gasteiger partial charge in [0.25, 0.3) is 0 Å². The van der Waals surface area contributed by atoms with Crippen LogP contribution in [-0.2, 0) is 0 Å². The number of H-pyrrole nitrogens is 1. The minimum atomic E-state index is -1.02. The number of carboxylic acids is 1. The van der Waals surface area contributed by atoms with Gasteiger partial charge in [-0.05, 0) is 12.1 Å². The molecular formula is C13H9N3O2. The number of carbonyl (C=O) groups is 1. The zero-order valence-electron chi connectivity index (χ0n) is 9.29. The molecule has 2 aromatic heterocycles. The number of aromatic carboxylic acids is 1. The zero-order valence-corrected chi connectivity index (χ0v) is 9.29. The van der Waals surface area contributed by atoms with E-state index in [4.69, 9.17) is 5.11 Å². The Balaban J connectivity index is 2.21. The molecule has 0 unspecified atom stereocenters. The SMILES string of the molecule is O=C(O)c1cnc(-c2ccnc3ccccc23)[nH]1. The van der Waals surface area contributed by atoms with Crippen LogP contribution in [0.1, 0.15) is 10.5 Å². The second-order valence-corrected chi connectivity index (χ2v) is 3.83. The first-order valence-corrected chi connectivity index (χ1v) is 5.38. The highest BCUT2D eigenvalue weighted by Crippen LogP contribution is 2.24. The van der Waals surface area contributed by atoms with Crippen LogP contribution < -0.4 is 0 Å². The van der Waals surface area contributed by atoms with Gasteiger partial charge in [-0.1, -0.05) is 18.2 Å². The Labute approximate surface area is 102 Å². The summed E-state index contributed by atoms with van der Waals surface area (Å²) in [5.74, 6) is -0.488. The number of pyridine rings is 1. The van der Waals surface area contributed by atoms with Crippen molar-refractivity contribution in [3.63, 3.8) is 0 Å². The summed E-state index contributed by atoms with van der Waals surface area (Å²) < 4.78 is 0. The molecule has 0 amide bonds. The summed E-state index contributed by atoms with van der Waals surface area (Å²) in [4.78, 5) is 22.0. The van der Waals surface area contributed by atoms with Gasteiger partial charge < -0.3 is 10.1 Å². The number of aromatic nitrogens is 3. The van der Waals surface area contributed by atoms with Crippen molar-refractivity contribution in [1.82, 2.24) is 15.0 Å². The van der Waals surface area contributed by atoms with Crippen LogP contribution in [0.15, 0.2) is 42.7 Å². The molecular weight excluding hydrogens is 230 g/mol. The highest BCUT2D eigenvalue weighted by atomic mass is 16.4. The van der Waals surface area contributed by atoms with Crippen LogP contribution in [0.5, 0.6) is 0 Å². The normalized spacial score (nSPS) is 10.7. The van der Waals surface area contributed by atoms with Gasteiger partial charge in [0.05, 0.1) is 11.7 Å².